The Balaban J connectivity index is 2.08. The van der Waals surface area contributed by atoms with E-state index in [4.69, 9.17) is 5.73 Å². The van der Waals surface area contributed by atoms with Crippen LogP contribution in [0.3, 0.4) is 0 Å². The van der Waals surface area contributed by atoms with Crippen molar-refractivity contribution in [2.45, 2.75) is 6.04 Å². The van der Waals surface area contributed by atoms with Crippen LogP contribution in [0.15, 0.2) is 54.7 Å². The van der Waals surface area contributed by atoms with Gasteiger partial charge in [-0.05, 0) is 23.8 Å². The molecule has 0 aliphatic rings. The van der Waals surface area contributed by atoms with Gasteiger partial charge in [0, 0.05) is 17.1 Å². The third-order valence-corrected chi connectivity index (χ3v) is 3.29. The van der Waals surface area contributed by atoms with Gasteiger partial charge in [-0.15, -0.1) is 0 Å². The van der Waals surface area contributed by atoms with Crippen LogP contribution in [0.4, 0.5) is 8.78 Å². The normalized spacial score (nSPS) is 12.6. The van der Waals surface area contributed by atoms with Gasteiger partial charge in [0.25, 0.3) is 0 Å². The molecule has 0 saturated carbocycles. The van der Waals surface area contributed by atoms with Crippen molar-refractivity contribution in [3.63, 3.8) is 0 Å². The van der Waals surface area contributed by atoms with Gasteiger partial charge in [0.2, 0.25) is 0 Å². The summed E-state index contributed by atoms with van der Waals surface area (Å²) in [6.07, 6.45) is 1.59. The third kappa shape index (κ3) is 2.14. The van der Waals surface area contributed by atoms with E-state index in [1.54, 1.807) is 6.20 Å². The number of fused-ring (bicyclic) bond motifs is 1. The molecule has 3 aromatic rings. The molecular weight excluding hydrogens is 258 g/mol. The maximum absolute atomic E-state index is 13.8. The predicted molar refractivity (Wildman–Crippen MR) is 74.1 cm³/mol. The van der Waals surface area contributed by atoms with Gasteiger partial charge in [0.05, 0.1) is 11.6 Å². The second kappa shape index (κ2) is 4.98. The highest BCUT2D eigenvalue weighted by Gasteiger charge is 2.16. The SMILES string of the molecule is NC(c1cnc2ccccc2c1)c1cccc(F)c1F. The fraction of sp³-hybridized carbons (Fsp3) is 0.0625. The first-order valence-electron chi connectivity index (χ1n) is 6.21. The molecule has 0 aliphatic carbocycles. The molecule has 3 rings (SSSR count). The maximum Gasteiger partial charge on any atom is 0.163 e. The summed E-state index contributed by atoms with van der Waals surface area (Å²) in [4.78, 5) is 4.28. The van der Waals surface area contributed by atoms with E-state index in [2.05, 4.69) is 4.98 Å². The average molecular weight is 270 g/mol. The molecule has 1 aromatic heterocycles. The summed E-state index contributed by atoms with van der Waals surface area (Å²) in [5.41, 5.74) is 7.64. The number of halogens is 2. The molecule has 4 heteroatoms. The highest BCUT2D eigenvalue weighted by atomic mass is 19.2. The zero-order valence-corrected chi connectivity index (χ0v) is 10.6. The lowest BCUT2D eigenvalue weighted by Gasteiger charge is -2.14. The van der Waals surface area contributed by atoms with Crippen LogP contribution in [0.25, 0.3) is 10.9 Å². The van der Waals surface area contributed by atoms with Crippen LogP contribution in [0.1, 0.15) is 17.2 Å². The average Bonchev–Trinajstić information content (AvgIpc) is 2.49. The number of para-hydroxylation sites is 1. The molecule has 100 valence electrons. The van der Waals surface area contributed by atoms with Crippen LogP contribution in [0.5, 0.6) is 0 Å². The van der Waals surface area contributed by atoms with Crippen molar-refractivity contribution in [1.82, 2.24) is 4.98 Å². The van der Waals surface area contributed by atoms with Crippen LogP contribution >= 0.6 is 0 Å². The number of nitrogens with two attached hydrogens (primary N) is 1. The van der Waals surface area contributed by atoms with Crippen LogP contribution < -0.4 is 5.73 Å². The van der Waals surface area contributed by atoms with E-state index in [0.29, 0.717) is 5.56 Å². The zero-order valence-electron chi connectivity index (χ0n) is 10.6. The Labute approximate surface area is 114 Å². The standard InChI is InChI=1S/C16H12F2N2/c17-13-6-3-5-12(15(13)18)16(19)11-8-10-4-1-2-7-14(10)20-9-11/h1-9,16H,19H2. The first-order chi connectivity index (χ1) is 9.66. The van der Waals surface area contributed by atoms with Crippen LogP contribution in [-0.4, -0.2) is 4.98 Å². The van der Waals surface area contributed by atoms with Crippen molar-refractivity contribution in [2.75, 3.05) is 0 Å². The maximum atomic E-state index is 13.8. The molecule has 0 radical (unpaired) electrons. The van der Waals surface area contributed by atoms with E-state index in [1.807, 2.05) is 30.3 Å². The molecule has 20 heavy (non-hydrogen) atoms. The molecule has 2 nitrogen and oxygen atoms in total. The Morgan fingerprint density at radius 1 is 1.00 bits per heavy atom. The van der Waals surface area contributed by atoms with Gasteiger partial charge in [-0.2, -0.15) is 0 Å². The lowest BCUT2D eigenvalue weighted by molar-refractivity contribution is 0.494. The Hall–Kier alpha value is -2.33. The van der Waals surface area contributed by atoms with Crippen molar-refractivity contribution >= 4 is 10.9 Å². The van der Waals surface area contributed by atoms with Gasteiger partial charge in [-0.1, -0.05) is 30.3 Å². The highest BCUT2D eigenvalue weighted by Crippen LogP contribution is 2.25. The molecule has 0 bridgehead atoms. The number of hydrogen-bond donors (Lipinski definition) is 1. The third-order valence-electron chi connectivity index (χ3n) is 3.29. The summed E-state index contributed by atoms with van der Waals surface area (Å²) in [6.45, 7) is 0. The van der Waals surface area contributed by atoms with Gasteiger partial charge in [0.15, 0.2) is 11.6 Å². The predicted octanol–water partition coefficient (Wildman–Crippen LogP) is 3.56. The molecule has 0 saturated heterocycles. The monoisotopic (exact) mass is 270 g/mol. The highest BCUT2D eigenvalue weighted by molar-refractivity contribution is 5.78. The van der Waals surface area contributed by atoms with Crippen molar-refractivity contribution < 1.29 is 8.78 Å². The number of aromatic nitrogens is 1. The van der Waals surface area contributed by atoms with Gasteiger partial charge in [0.1, 0.15) is 0 Å². The van der Waals surface area contributed by atoms with Crippen LogP contribution in [0, 0.1) is 11.6 Å². The Bertz CT molecular complexity index is 771. The van der Waals surface area contributed by atoms with E-state index < -0.39 is 17.7 Å². The van der Waals surface area contributed by atoms with Crippen molar-refractivity contribution in [1.29, 1.82) is 0 Å². The molecule has 0 fully saturated rings. The summed E-state index contributed by atoms with van der Waals surface area (Å²) < 4.78 is 27.0. The van der Waals surface area contributed by atoms with E-state index in [1.165, 1.54) is 12.1 Å². The number of pyridine rings is 1. The molecule has 2 N–H and O–H groups in total. The Morgan fingerprint density at radius 3 is 2.65 bits per heavy atom. The smallest absolute Gasteiger partial charge is 0.163 e. The first kappa shape index (κ1) is 12.7. The van der Waals surface area contributed by atoms with E-state index >= 15 is 0 Å². The second-order valence-corrected chi connectivity index (χ2v) is 4.58. The van der Waals surface area contributed by atoms with Gasteiger partial charge < -0.3 is 5.73 Å². The Morgan fingerprint density at radius 2 is 1.80 bits per heavy atom. The fourth-order valence-electron chi connectivity index (χ4n) is 2.20. The molecule has 1 heterocycles. The minimum absolute atomic E-state index is 0.127. The lowest BCUT2D eigenvalue weighted by atomic mass is 9.99. The molecule has 0 spiro atoms. The molecule has 1 unspecified atom stereocenters. The topological polar surface area (TPSA) is 38.9 Å². The fourth-order valence-corrected chi connectivity index (χ4v) is 2.20. The quantitative estimate of drug-likeness (QED) is 0.773. The summed E-state index contributed by atoms with van der Waals surface area (Å²) >= 11 is 0. The van der Waals surface area contributed by atoms with Crippen LogP contribution in [0.2, 0.25) is 0 Å². The lowest BCUT2D eigenvalue weighted by Crippen LogP contribution is -2.14. The summed E-state index contributed by atoms with van der Waals surface area (Å²) in [5.74, 6) is -1.81. The summed E-state index contributed by atoms with van der Waals surface area (Å²) in [6, 6.07) is 12.7. The number of hydrogen-bond acceptors (Lipinski definition) is 2. The minimum atomic E-state index is -0.909. The number of rotatable bonds is 2. The van der Waals surface area contributed by atoms with E-state index in [0.717, 1.165) is 17.0 Å². The molecule has 0 amide bonds. The van der Waals surface area contributed by atoms with Gasteiger partial charge >= 0.3 is 0 Å². The van der Waals surface area contributed by atoms with E-state index in [9.17, 15) is 8.78 Å². The zero-order chi connectivity index (χ0) is 14.1. The summed E-state index contributed by atoms with van der Waals surface area (Å²) in [5, 5.41) is 0.914. The van der Waals surface area contributed by atoms with Crippen molar-refractivity contribution in [3.8, 4) is 0 Å². The van der Waals surface area contributed by atoms with Gasteiger partial charge in [-0.3, -0.25) is 4.98 Å². The van der Waals surface area contributed by atoms with Crippen LogP contribution in [-0.2, 0) is 0 Å². The second-order valence-electron chi connectivity index (χ2n) is 4.58. The van der Waals surface area contributed by atoms with E-state index in [-0.39, 0.29) is 5.56 Å². The largest absolute Gasteiger partial charge is 0.320 e. The first-order valence-corrected chi connectivity index (χ1v) is 6.21. The molecular formula is C16H12F2N2. The summed E-state index contributed by atoms with van der Waals surface area (Å²) in [7, 11) is 0. The molecule has 1 atom stereocenters. The van der Waals surface area contributed by atoms with Crippen molar-refractivity contribution in [2.24, 2.45) is 5.73 Å². The van der Waals surface area contributed by atoms with Crippen molar-refractivity contribution in [3.05, 3.63) is 77.5 Å². The Kier molecular flexibility index (Phi) is 3.16. The van der Waals surface area contributed by atoms with Gasteiger partial charge in [-0.25, -0.2) is 8.78 Å². The molecule has 0 aliphatic heterocycles. The molecule has 2 aromatic carbocycles. The minimum Gasteiger partial charge on any atom is -0.320 e. The number of nitrogens with zero attached hydrogens (tertiary/aromatic N) is 1. The number of benzene rings is 2.